The maximum absolute atomic E-state index is 13.1. The van der Waals surface area contributed by atoms with Crippen molar-refractivity contribution >= 4 is 85.8 Å². The molecule has 1 aliphatic heterocycles. The number of amides is 3. The molecule has 1 heterocycles. The van der Waals surface area contributed by atoms with E-state index in [0.717, 1.165) is 41.4 Å². The molecule has 0 bridgehead atoms. The van der Waals surface area contributed by atoms with Crippen LogP contribution in [0.1, 0.15) is 22.3 Å². The van der Waals surface area contributed by atoms with Crippen LogP contribution < -0.4 is 14.8 Å². The third-order valence-corrected chi connectivity index (χ3v) is 8.31. The molecule has 3 aromatic carbocycles. The number of imide groups is 1. The first-order chi connectivity index (χ1) is 19.3. The van der Waals surface area contributed by atoms with Gasteiger partial charge in [-0.3, -0.25) is 19.3 Å². The van der Waals surface area contributed by atoms with Crippen molar-refractivity contribution in [2.75, 3.05) is 19.0 Å². The quantitative estimate of drug-likeness (QED) is 0.188. The summed E-state index contributed by atoms with van der Waals surface area (Å²) in [4.78, 5) is 39.0. The van der Waals surface area contributed by atoms with E-state index in [9.17, 15) is 27.6 Å². The molecule has 0 radical (unpaired) electrons. The standard InChI is InChI=1S/C28H21F3I2N2O5S/c1-15-3-5-16(6-4-15)14-40-25-19(32)9-17(10-20(25)33)11-23-26(37)35(27(38)41-23)13-24(36)34-21-12-18(28(29,30)31)7-8-22(21)39-2/h3-12H,13-14H2,1-2H3,(H,34,36)/b23-11-. The summed E-state index contributed by atoms with van der Waals surface area (Å²) in [6, 6.07) is 14.3. The van der Waals surface area contributed by atoms with E-state index in [0.29, 0.717) is 29.7 Å². The lowest BCUT2D eigenvalue weighted by Gasteiger charge is -2.16. The van der Waals surface area contributed by atoms with E-state index < -0.39 is 35.3 Å². The Balaban J connectivity index is 1.45. The van der Waals surface area contributed by atoms with Gasteiger partial charge in [0.2, 0.25) is 5.91 Å². The van der Waals surface area contributed by atoms with E-state index in [1.165, 1.54) is 7.11 Å². The van der Waals surface area contributed by atoms with Crippen LogP contribution in [0.5, 0.6) is 11.5 Å². The van der Waals surface area contributed by atoms with Crippen molar-refractivity contribution in [1.82, 2.24) is 4.90 Å². The number of hydrogen-bond donors (Lipinski definition) is 1. The Kier molecular flexibility index (Phi) is 9.89. The Labute approximate surface area is 265 Å². The van der Waals surface area contributed by atoms with E-state index in [2.05, 4.69) is 50.5 Å². The van der Waals surface area contributed by atoms with Crippen molar-refractivity contribution in [1.29, 1.82) is 0 Å². The number of nitrogens with zero attached hydrogens (tertiary/aromatic N) is 1. The van der Waals surface area contributed by atoms with Crippen LogP contribution in [0.3, 0.4) is 0 Å². The van der Waals surface area contributed by atoms with Gasteiger partial charge in [0.05, 0.1) is 30.4 Å². The van der Waals surface area contributed by atoms with Gasteiger partial charge in [0.25, 0.3) is 11.1 Å². The predicted molar refractivity (Wildman–Crippen MR) is 167 cm³/mol. The summed E-state index contributed by atoms with van der Waals surface area (Å²) in [6.45, 7) is 1.72. The Morgan fingerprint density at radius 3 is 2.32 bits per heavy atom. The Morgan fingerprint density at radius 1 is 1.05 bits per heavy atom. The van der Waals surface area contributed by atoms with Crippen LogP contribution in [0.4, 0.5) is 23.7 Å². The Morgan fingerprint density at radius 2 is 1.71 bits per heavy atom. The molecule has 3 amide bonds. The van der Waals surface area contributed by atoms with E-state index >= 15 is 0 Å². The molecule has 7 nitrogen and oxygen atoms in total. The highest BCUT2D eigenvalue weighted by atomic mass is 127. The molecule has 0 aliphatic carbocycles. The normalized spacial score (nSPS) is 14.5. The highest BCUT2D eigenvalue weighted by Gasteiger charge is 2.37. The zero-order valence-electron chi connectivity index (χ0n) is 21.5. The molecule has 13 heteroatoms. The first-order valence-corrected chi connectivity index (χ1v) is 14.8. The van der Waals surface area contributed by atoms with Crippen LogP contribution >= 0.6 is 56.9 Å². The molecule has 4 rings (SSSR count). The minimum absolute atomic E-state index is 0.00381. The van der Waals surface area contributed by atoms with Crippen LogP contribution in [0.2, 0.25) is 0 Å². The van der Waals surface area contributed by atoms with Gasteiger partial charge in [-0.1, -0.05) is 29.8 Å². The van der Waals surface area contributed by atoms with E-state index in [-0.39, 0.29) is 16.3 Å². The van der Waals surface area contributed by atoms with Gasteiger partial charge in [0, 0.05) is 0 Å². The summed E-state index contributed by atoms with van der Waals surface area (Å²) in [5.74, 6) is -0.851. The average molecular weight is 808 g/mol. The highest BCUT2D eigenvalue weighted by molar-refractivity contribution is 14.1. The molecular formula is C28H21F3I2N2O5S. The van der Waals surface area contributed by atoms with Crippen molar-refractivity contribution in [3.05, 3.63) is 88.9 Å². The van der Waals surface area contributed by atoms with Gasteiger partial charge in [-0.2, -0.15) is 13.2 Å². The summed E-state index contributed by atoms with van der Waals surface area (Å²) in [5.41, 5.74) is 1.62. The van der Waals surface area contributed by atoms with Gasteiger partial charge in [0.15, 0.2) is 0 Å². The lowest BCUT2D eigenvalue weighted by molar-refractivity contribution is -0.137. The SMILES string of the molecule is COc1ccc(C(F)(F)F)cc1NC(=O)CN1C(=O)S/C(=C\c2cc(I)c(OCc3ccc(C)cc3)c(I)c2)C1=O. The maximum Gasteiger partial charge on any atom is 0.416 e. The number of nitrogens with one attached hydrogen (secondary N) is 1. The highest BCUT2D eigenvalue weighted by Crippen LogP contribution is 2.37. The molecule has 3 aromatic rings. The lowest BCUT2D eigenvalue weighted by Crippen LogP contribution is -2.36. The van der Waals surface area contributed by atoms with E-state index in [1.54, 1.807) is 6.08 Å². The molecular weight excluding hydrogens is 787 g/mol. The fourth-order valence-electron chi connectivity index (χ4n) is 3.74. The number of alkyl halides is 3. The molecule has 0 atom stereocenters. The number of carbonyl (C=O) groups is 3. The summed E-state index contributed by atoms with van der Waals surface area (Å²) >= 11 is 4.95. The van der Waals surface area contributed by atoms with E-state index in [1.807, 2.05) is 43.3 Å². The molecule has 1 N–H and O–H groups in total. The van der Waals surface area contributed by atoms with Crippen LogP contribution in [0, 0.1) is 14.1 Å². The monoisotopic (exact) mass is 808 g/mol. The first-order valence-electron chi connectivity index (χ1n) is 11.8. The number of anilines is 1. The van der Waals surface area contributed by atoms with Gasteiger partial charge in [-0.15, -0.1) is 0 Å². The average Bonchev–Trinajstić information content (AvgIpc) is 3.15. The summed E-state index contributed by atoms with van der Waals surface area (Å²) < 4.78 is 52.0. The van der Waals surface area contributed by atoms with Crippen molar-refractivity contribution in [3.63, 3.8) is 0 Å². The van der Waals surface area contributed by atoms with Crippen molar-refractivity contribution in [2.45, 2.75) is 19.7 Å². The summed E-state index contributed by atoms with van der Waals surface area (Å²) in [6.07, 6.45) is -3.09. The minimum Gasteiger partial charge on any atom is -0.495 e. The van der Waals surface area contributed by atoms with Gasteiger partial charge < -0.3 is 14.8 Å². The number of benzene rings is 3. The van der Waals surface area contributed by atoms with Crippen molar-refractivity contribution in [2.24, 2.45) is 0 Å². The molecule has 0 unspecified atom stereocenters. The third kappa shape index (κ3) is 7.74. The van der Waals surface area contributed by atoms with E-state index in [4.69, 9.17) is 9.47 Å². The fraction of sp³-hybridized carbons (Fsp3) is 0.179. The smallest absolute Gasteiger partial charge is 0.416 e. The summed E-state index contributed by atoms with van der Waals surface area (Å²) in [5, 5.41) is 1.63. The second kappa shape index (κ2) is 13.0. The van der Waals surface area contributed by atoms with Gasteiger partial charge in [0.1, 0.15) is 24.7 Å². The van der Waals surface area contributed by atoms with Gasteiger partial charge in [-0.25, -0.2) is 0 Å². The Bertz CT molecular complexity index is 1520. The molecule has 1 aliphatic rings. The zero-order valence-corrected chi connectivity index (χ0v) is 26.6. The molecule has 41 heavy (non-hydrogen) atoms. The first kappa shape index (κ1) is 31.2. The Hall–Kier alpha value is -2.79. The topological polar surface area (TPSA) is 84.9 Å². The van der Waals surface area contributed by atoms with Gasteiger partial charge >= 0.3 is 6.18 Å². The lowest BCUT2D eigenvalue weighted by atomic mass is 10.1. The van der Waals surface area contributed by atoms with Crippen LogP contribution in [-0.2, 0) is 22.4 Å². The van der Waals surface area contributed by atoms with Crippen LogP contribution in [-0.4, -0.2) is 35.6 Å². The third-order valence-electron chi connectivity index (χ3n) is 5.80. The minimum atomic E-state index is -4.63. The molecule has 1 saturated heterocycles. The molecule has 0 aromatic heterocycles. The number of carbonyl (C=O) groups excluding carboxylic acids is 3. The number of aryl methyl sites for hydroxylation is 1. The molecule has 1 fully saturated rings. The number of rotatable bonds is 8. The molecule has 0 saturated carbocycles. The van der Waals surface area contributed by atoms with Crippen LogP contribution in [0.15, 0.2) is 59.5 Å². The van der Waals surface area contributed by atoms with Crippen LogP contribution in [0.25, 0.3) is 6.08 Å². The number of methoxy groups -OCH3 is 1. The second-order valence-electron chi connectivity index (χ2n) is 8.82. The second-order valence-corrected chi connectivity index (χ2v) is 12.1. The van der Waals surface area contributed by atoms with Gasteiger partial charge in [-0.05, 0) is 111 Å². The summed E-state index contributed by atoms with van der Waals surface area (Å²) in [7, 11) is 1.24. The number of thioether (sulfide) groups is 1. The fourth-order valence-corrected chi connectivity index (χ4v) is 6.71. The number of halogens is 5. The largest absolute Gasteiger partial charge is 0.495 e. The predicted octanol–water partition coefficient (Wildman–Crippen LogP) is 7.49. The number of hydrogen-bond acceptors (Lipinski definition) is 6. The molecule has 0 spiro atoms. The zero-order chi connectivity index (χ0) is 29.9. The molecule has 214 valence electrons. The van der Waals surface area contributed by atoms with Crippen molar-refractivity contribution in [3.8, 4) is 11.5 Å². The maximum atomic E-state index is 13.1. The van der Waals surface area contributed by atoms with Crippen molar-refractivity contribution < 1.29 is 37.0 Å². The number of ether oxygens (including phenoxy) is 2.